The lowest BCUT2D eigenvalue weighted by atomic mass is 9.98. The van der Waals surface area contributed by atoms with Gasteiger partial charge in [0.15, 0.2) is 6.10 Å². The molecule has 2 aliphatic rings. The van der Waals surface area contributed by atoms with E-state index in [0.717, 1.165) is 5.56 Å². The first kappa shape index (κ1) is 12.6. The Morgan fingerprint density at radius 3 is 2.79 bits per heavy atom. The molecule has 5 nitrogen and oxygen atoms in total. The van der Waals surface area contributed by atoms with Gasteiger partial charge in [-0.3, -0.25) is 4.79 Å². The number of hydrogen-bond donors (Lipinski definition) is 1. The monoisotopic (exact) mass is 264 g/mol. The molecule has 0 aromatic heterocycles. The smallest absolute Gasteiger partial charge is 0.309 e. The van der Waals surface area contributed by atoms with E-state index in [2.05, 4.69) is 0 Å². The maximum absolute atomic E-state index is 11.2. The van der Waals surface area contributed by atoms with Crippen molar-refractivity contribution in [3.8, 4) is 0 Å². The zero-order chi connectivity index (χ0) is 13.4. The van der Waals surface area contributed by atoms with E-state index >= 15 is 0 Å². The third kappa shape index (κ3) is 2.14. The molecule has 1 aromatic rings. The number of aliphatic hydroxyl groups excluding tert-OH is 1. The number of fused-ring (bicyclic) bond motifs is 1. The summed E-state index contributed by atoms with van der Waals surface area (Å²) >= 11 is 0. The number of ether oxygens (including phenoxy) is 3. The molecule has 2 heterocycles. The first-order valence-corrected chi connectivity index (χ1v) is 6.31. The van der Waals surface area contributed by atoms with E-state index in [1.54, 1.807) is 0 Å². The van der Waals surface area contributed by atoms with Gasteiger partial charge in [0.05, 0.1) is 6.42 Å². The van der Waals surface area contributed by atoms with Crippen LogP contribution in [0.1, 0.15) is 18.1 Å². The number of methoxy groups -OCH3 is 1. The minimum Gasteiger partial charge on any atom is -0.457 e. The minimum atomic E-state index is -0.796. The van der Waals surface area contributed by atoms with E-state index < -0.39 is 24.4 Å². The summed E-state index contributed by atoms with van der Waals surface area (Å²) in [5, 5.41) is 10.4. The molecular formula is C14H16O5. The van der Waals surface area contributed by atoms with E-state index in [1.165, 1.54) is 7.11 Å². The highest BCUT2D eigenvalue weighted by atomic mass is 16.6. The number of esters is 1. The van der Waals surface area contributed by atoms with Crippen molar-refractivity contribution in [1.29, 1.82) is 0 Å². The van der Waals surface area contributed by atoms with Gasteiger partial charge in [0.1, 0.15) is 24.4 Å². The third-order valence-electron chi connectivity index (χ3n) is 3.71. The molecule has 1 aromatic carbocycles. The van der Waals surface area contributed by atoms with Crippen molar-refractivity contribution in [2.45, 2.75) is 36.9 Å². The maximum atomic E-state index is 11.2. The van der Waals surface area contributed by atoms with E-state index in [0.29, 0.717) is 0 Å². The van der Waals surface area contributed by atoms with Gasteiger partial charge in [0.2, 0.25) is 0 Å². The summed E-state index contributed by atoms with van der Waals surface area (Å²) in [4.78, 5) is 11.2. The van der Waals surface area contributed by atoms with Gasteiger partial charge < -0.3 is 19.3 Å². The second-order valence-electron chi connectivity index (χ2n) is 4.85. The summed E-state index contributed by atoms with van der Waals surface area (Å²) in [6.45, 7) is 0. The lowest BCUT2D eigenvalue weighted by Crippen LogP contribution is -2.37. The van der Waals surface area contributed by atoms with Crippen molar-refractivity contribution < 1.29 is 24.1 Å². The normalized spacial score (nSPS) is 34.9. The standard InChI is InChI=1S/C14H16O5/c1-17-14-12-9(7-10(15)19-12)18-13(14)11(16)8-5-3-2-4-6-8/h2-6,9,11-14,16H,7H2,1H3/t9-,11-,12+,13-,14-/m1/s1. The molecule has 102 valence electrons. The van der Waals surface area contributed by atoms with Crippen LogP contribution < -0.4 is 0 Å². The number of benzene rings is 1. The van der Waals surface area contributed by atoms with Crippen LogP contribution in [0.4, 0.5) is 0 Å². The molecule has 5 heteroatoms. The molecule has 2 saturated heterocycles. The van der Waals surface area contributed by atoms with Crippen molar-refractivity contribution >= 4 is 5.97 Å². The highest BCUT2D eigenvalue weighted by Gasteiger charge is 2.54. The largest absolute Gasteiger partial charge is 0.457 e. The summed E-state index contributed by atoms with van der Waals surface area (Å²) in [5.41, 5.74) is 0.765. The summed E-state index contributed by atoms with van der Waals surface area (Å²) in [5.74, 6) is -0.273. The molecule has 0 amide bonds. The average molecular weight is 264 g/mol. The Hall–Kier alpha value is -1.43. The number of carbonyl (C=O) groups excluding carboxylic acids is 1. The topological polar surface area (TPSA) is 65.0 Å². The number of hydrogen-bond acceptors (Lipinski definition) is 5. The lowest BCUT2D eigenvalue weighted by Gasteiger charge is -2.25. The van der Waals surface area contributed by atoms with Gasteiger partial charge in [-0.15, -0.1) is 0 Å². The van der Waals surface area contributed by atoms with Gasteiger partial charge in [-0.2, -0.15) is 0 Å². The fourth-order valence-electron chi connectivity index (χ4n) is 2.79. The Labute approximate surface area is 111 Å². The van der Waals surface area contributed by atoms with Crippen LogP contribution in [-0.2, 0) is 19.0 Å². The lowest BCUT2D eigenvalue weighted by molar-refractivity contribution is -0.148. The van der Waals surface area contributed by atoms with Gasteiger partial charge in [-0.1, -0.05) is 30.3 Å². The quantitative estimate of drug-likeness (QED) is 0.819. The molecule has 5 atom stereocenters. The molecule has 0 bridgehead atoms. The van der Waals surface area contributed by atoms with Gasteiger partial charge in [-0.25, -0.2) is 0 Å². The van der Waals surface area contributed by atoms with Crippen LogP contribution in [-0.4, -0.2) is 42.6 Å². The first-order valence-electron chi connectivity index (χ1n) is 6.31. The number of aliphatic hydroxyl groups is 1. The molecule has 0 aliphatic carbocycles. The van der Waals surface area contributed by atoms with Crippen molar-refractivity contribution in [2.75, 3.05) is 7.11 Å². The summed E-state index contributed by atoms with van der Waals surface area (Å²) < 4.78 is 16.3. The molecular weight excluding hydrogens is 248 g/mol. The van der Waals surface area contributed by atoms with Crippen LogP contribution in [0.25, 0.3) is 0 Å². The van der Waals surface area contributed by atoms with E-state index in [1.807, 2.05) is 30.3 Å². The Bertz CT molecular complexity index is 460. The van der Waals surface area contributed by atoms with Crippen LogP contribution in [0.3, 0.4) is 0 Å². The van der Waals surface area contributed by atoms with Crippen LogP contribution in [0.15, 0.2) is 30.3 Å². The van der Waals surface area contributed by atoms with Gasteiger partial charge >= 0.3 is 5.97 Å². The summed E-state index contributed by atoms with van der Waals surface area (Å²) in [6, 6.07) is 9.27. The molecule has 3 rings (SSSR count). The second kappa shape index (κ2) is 4.92. The second-order valence-corrected chi connectivity index (χ2v) is 4.85. The third-order valence-corrected chi connectivity index (χ3v) is 3.71. The SMILES string of the molecule is CO[C@@H]1[C@H]2OC(=O)C[C@H]2O[C@@H]1[C@H](O)c1ccccc1. The van der Waals surface area contributed by atoms with E-state index in [4.69, 9.17) is 14.2 Å². The van der Waals surface area contributed by atoms with Crippen LogP contribution >= 0.6 is 0 Å². The predicted octanol–water partition coefficient (Wildman–Crippen LogP) is 0.818. The van der Waals surface area contributed by atoms with E-state index in [9.17, 15) is 9.90 Å². The Morgan fingerprint density at radius 1 is 1.37 bits per heavy atom. The first-order chi connectivity index (χ1) is 9.20. The maximum Gasteiger partial charge on any atom is 0.309 e. The van der Waals surface area contributed by atoms with E-state index in [-0.39, 0.29) is 18.5 Å². The summed E-state index contributed by atoms with van der Waals surface area (Å²) in [6.07, 6.45) is -2.26. The van der Waals surface area contributed by atoms with Gasteiger partial charge in [-0.05, 0) is 5.56 Å². The van der Waals surface area contributed by atoms with Crippen LogP contribution in [0.5, 0.6) is 0 Å². The highest BCUT2D eigenvalue weighted by Crippen LogP contribution is 2.38. The molecule has 19 heavy (non-hydrogen) atoms. The van der Waals surface area contributed by atoms with Gasteiger partial charge in [0, 0.05) is 7.11 Å². The number of carbonyl (C=O) groups is 1. The molecule has 0 spiro atoms. The van der Waals surface area contributed by atoms with Crippen molar-refractivity contribution in [3.63, 3.8) is 0 Å². The predicted molar refractivity (Wildman–Crippen MR) is 65.4 cm³/mol. The fraction of sp³-hybridized carbons (Fsp3) is 0.500. The Kier molecular flexibility index (Phi) is 3.26. The fourth-order valence-corrected chi connectivity index (χ4v) is 2.79. The van der Waals surface area contributed by atoms with Crippen molar-refractivity contribution in [2.24, 2.45) is 0 Å². The molecule has 0 radical (unpaired) electrons. The molecule has 1 N–H and O–H groups in total. The Balaban J connectivity index is 1.80. The molecule has 2 fully saturated rings. The average Bonchev–Trinajstić information content (AvgIpc) is 2.94. The highest BCUT2D eigenvalue weighted by molar-refractivity contribution is 5.73. The summed E-state index contributed by atoms with van der Waals surface area (Å²) in [7, 11) is 1.53. The van der Waals surface area contributed by atoms with Crippen molar-refractivity contribution in [1.82, 2.24) is 0 Å². The minimum absolute atomic E-state index is 0.225. The Morgan fingerprint density at radius 2 is 2.11 bits per heavy atom. The van der Waals surface area contributed by atoms with Crippen LogP contribution in [0, 0.1) is 0 Å². The van der Waals surface area contributed by atoms with Crippen LogP contribution in [0.2, 0.25) is 0 Å². The molecule has 0 unspecified atom stereocenters. The zero-order valence-electron chi connectivity index (χ0n) is 10.6. The molecule has 2 aliphatic heterocycles. The molecule has 0 saturated carbocycles. The number of rotatable bonds is 3. The van der Waals surface area contributed by atoms with Gasteiger partial charge in [0.25, 0.3) is 0 Å². The van der Waals surface area contributed by atoms with Crippen molar-refractivity contribution in [3.05, 3.63) is 35.9 Å². The zero-order valence-corrected chi connectivity index (χ0v) is 10.6.